The Labute approximate surface area is 188 Å². The molecule has 0 bridgehead atoms. The van der Waals surface area contributed by atoms with Crippen LogP contribution in [-0.4, -0.2) is 61.3 Å². The number of benzene rings is 1. The second-order valence-corrected chi connectivity index (χ2v) is 11.7. The average molecular weight is 461 g/mol. The van der Waals surface area contributed by atoms with E-state index in [0.29, 0.717) is 16.6 Å². The van der Waals surface area contributed by atoms with E-state index in [1.807, 2.05) is 6.07 Å². The van der Waals surface area contributed by atoms with Crippen molar-refractivity contribution in [2.45, 2.75) is 37.3 Å². The van der Waals surface area contributed by atoms with Gasteiger partial charge in [0.1, 0.15) is 6.04 Å². The molecular weight excluding hydrogens is 436 g/mol. The van der Waals surface area contributed by atoms with Crippen molar-refractivity contribution in [1.29, 1.82) is 0 Å². The number of aromatic nitrogens is 1. The van der Waals surface area contributed by atoms with E-state index in [-0.39, 0.29) is 16.7 Å². The summed E-state index contributed by atoms with van der Waals surface area (Å²) in [7, 11) is 0. The number of nitrogens with zero attached hydrogens (tertiary/aromatic N) is 3. The summed E-state index contributed by atoms with van der Waals surface area (Å²) in [5.74, 6) is 1.93. The summed E-state index contributed by atoms with van der Waals surface area (Å²) < 4.78 is 0. The molecule has 30 heavy (non-hydrogen) atoms. The van der Waals surface area contributed by atoms with Gasteiger partial charge in [0.05, 0.1) is 16.3 Å². The molecule has 1 aromatic carbocycles. The molecule has 2 amide bonds. The normalized spacial score (nSPS) is 26.4. The number of thiazole rings is 1. The SMILES string of the molecule is C[C@@]12CSCC(=O)N1[C@H](C(=O)Nc1nc3c(s1)CN(Cc1ccccc1)CC3)CS2. The standard InChI is InChI=1S/C21H24N4O2S3/c1-21-13-28-12-18(26)25(21)16(11-29-21)19(27)23-20-22-15-7-8-24(10-17(15)30-20)9-14-5-3-2-4-6-14/h2-6,16H,7-13H2,1H3,(H,22,23,27)/t16-,21+/m0/s1. The molecule has 0 aliphatic carbocycles. The number of thioether (sulfide) groups is 2. The van der Waals surface area contributed by atoms with Gasteiger partial charge in [-0.25, -0.2) is 4.98 Å². The molecule has 1 N–H and O–H groups in total. The molecule has 0 radical (unpaired) electrons. The van der Waals surface area contributed by atoms with Crippen molar-refractivity contribution in [3.8, 4) is 0 Å². The molecule has 3 aliphatic rings. The van der Waals surface area contributed by atoms with Crippen molar-refractivity contribution in [2.75, 3.05) is 29.1 Å². The van der Waals surface area contributed by atoms with E-state index in [0.717, 1.165) is 37.5 Å². The van der Waals surface area contributed by atoms with Crippen LogP contribution in [0, 0.1) is 0 Å². The summed E-state index contributed by atoms with van der Waals surface area (Å²) >= 11 is 4.93. The predicted octanol–water partition coefficient (Wildman–Crippen LogP) is 3.05. The van der Waals surface area contributed by atoms with Crippen molar-refractivity contribution in [3.63, 3.8) is 0 Å². The lowest BCUT2D eigenvalue weighted by Gasteiger charge is -2.40. The van der Waals surface area contributed by atoms with Crippen LogP contribution in [0.2, 0.25) is 0 Å². The first-order valence-electron chi connectivity index (χ1n) is 10.1. The fourth-order valence-corrected chi connectivity index (χ4v) is 8.09. The number of hydrogen-bond donors (Lipinski definition) is 1. The Morgan fingerprint density at radius 2 is 2.17 bits per heavy atom. The third-order valence-electron chi connectivity index (χ3n) is 5.83. The van der Waals surface area contributed by atoms with Gasteiger partial charge in [0, 0.05) is 42.4 Å². The van der Waals surface area contributed by atoms with Crippen LogP contribution in [0.5, 0.6) is 0 Å². The molecule has 5 rings (SSSR count). The lowest BCUT2D eigenvalue weighted by molar-refractivity contribution is -0.138. The van der Waals surface area contributed by atoms with Crippen molar-refractivity contribution in [1.82, 2.24) is 14.8 Å². The van der Waals surface area contributed by atoms with Crippen molar-refractivity contribution in [2.24, 2.45) is 0 Å². The second kappa shape index (κ2) is 8.18. The molecule has 1 aromatic heterocycles. The molecule has 4 heterocycles. The smallest absolute Gasteiger partial charge is 0.249 e. The molecule has 3 aliphatic heterocycles. The molecule has 6 nitrogen and oxygen atoms in total. The monoisotopic (exact) mass is 460 g/mol. The number of fused-ring (bicyclic) bond motifs is 2. The van der Waals surface area contributed by atoms with Gasteiger partial charge in [-0.1, -0.05) is 30.3 Å². The van der Waals surface area contributed by atoms with Crippen molar-refractivity contribution < 1.29 is 9.59 Å². The minimum Gasteiger partial charge on any atom is -0.314 e. The second-order valence-electron chi connectivity index (χ2n) is 8.08. The van der Waals surface area contributed by atoms with Gasteiger partial charge in [-0.15, -0.1) is 34.9 Å². The molecule has 2 aromatic rings. The maximum Gasteiger partial charge on any atom is 0.249 e. The molecule has 0 saturated carbocycles. The molecule has 2 fully saturated rings. The van der Waals surface area contributed by atoms with Gasteiger partial charge >= 0.3 is 0 Å². The third-order valence-corrected chi connectivity index (χ3v) is 9.67. The zero-order valence-corrected chi connectivity index (χ0v) is 19.2. The zero-order valence-electron chi connectivity index (χ0n) is 16.8. The Balaban J connectivity index is 1.25. The van der Waals surface area contributed by atoms with Crippen molar-refractivity contribution in [3.05, 3.63) is 46.5 Å². The van der Waals surface area contributed by atoms with Crippen LogP contribution < -0.4 is 5.32 Å². The number of amides is 2. The summed E-state index contributed by atoms with van der Waals surface area (Å²) in [5, 5.41) is 3.67. The number of carbonyl (C=O) groups excluding carboxylic acids is 2. The maximum absolute atomic E-state index is 13.0. The summed E-state index contributed by atoms with van der Waals surface area (Å²) in [4.78, 5) is 35.4. The minimum atomic E-state index is -0.413. The van der Waals surface area contributed by atoms with Gasteiger partial charge in [0.15, 0.2) is 5.13 Å². The van der Waals surface area contributed by atoms with E-state index >= 15 is 0 Å². The molecule has 2 saturated heterocycles. The first kappa shape index (κ1) is 20.4. The van der Waals surface area contributed by atoms with Crippen LogP contribution in [-0.2, 0) is 29.1 Å². The van der Waals surface area contributed by atoms with E-state index in [1.165, 1.54) is 10.4 Å². The average Bonchev–Trinajstić information content (AvgIpc) is 3.29. The Morgan fingerprint density at radius 3 is 3.00 bits per heavy atom. The highest BCUT2D eigenvalue weighted by Gasteiger charge is 2.51. The molecular formula is C21H24N4O2S3. The van der Waals surface area contributed by atoms with Crippen LogP contribution in [0.1, 0.15) is 23.1 Å². The zero-order chi connectivity index (χ0) is 20.7. The van der Waals surface area contributed by atoms with Gasteiger partial charge in [0.2, 0.25) is 11.8 Å². The van der Waals surface area contributed by atoms with Crippen LogP contribution in [0.15, 0.2) is 30.3 Å². The third kappa shape index (κ3) is 3.88. The number of carbonyl (C=O) groups is 2. The molecule has 158 valence electrons. The molecule has 0 spiro atoms. The maximum atomic E-state index is 13.0. The van der Waals surface area contributed by atoms with Crippen LogP contribution in [0.4, 0.5) is 5.13 Å². The summed E-state index contributed by atoms with van der Waals surface area (Å²) in [5.41, 5.74) is 2.40. The lowest BCUT2D eigenvalue weighted by atomic mass is 10.1. The minimum absolute atomic E-state index is 0.0638. The Kier molecular flexibility index (Phi) is 5.55. The molecule has 0 unspecified atom stereocenters. The lowest BCUT2D eigenvalue weighted by Crippen LogP contribution is -2.56. The fraction of sp³-hybridized carbons (Fsp3) is 0.476. The summed E-state index contributed by atoms with van der Waals surface area (Å²) in [6, 6.07) is 10.1. The first-order chi connectivity index (χ1) is 14.5. The predicted molar refractivity (Wildman–Crippen MR) is 124 cm³/mol. The number of nitrogens with one attached hydrogen (secondary N) is 1. The Hall–Kier alpha value is -1.55. The van der Waals surface area contributed by atoms with Gasteiger partial charge in [-0.2, -0.15) is 0 Å². The van der Waals surface area contributed by atoms with E-state index in [1.54, 1.807) is 39.8 Å². The van der Waals surface area contributed by atoms with Crippen LogP contribution >= 0.6 is 34.9 Å². The summed E-state index contributed by atoms with van der Waals surface area (Å²) in [6.45, 7) is 4.82. The highest BCUT2D eigenvalue weighted by molar-refractivity contribution is 8.04. The number of rotatable bonds is 4. The van der Waals surface area contributed by atoms with Gasteiger partial charge < -0.3 is 10.2 Å². The highest BCUT2D eigenvalue weighted by atomic mass is 32.2. The molecule has 9 heteroatoms. The van der Waals surface area contributed by atoms with Gasteiger partial charge in [-0.3, -0.25) is 14.5 Å². The van der Waals surface area contributed by atoms with Crippen LogP contribution in [0.3, 0.4) is 0 Å². The van der Waals surface area contributed by atoms with E-state index < -0.39 is 6.04 Å². The number of hydrogen-bond acceptors (Lipinski definition) is 7. The summed E-state index contributed by atoms with van der Waals surface area (Å²) in [6.07, 6.45) is 0.897. The topological polar surface area (TPSA) is 65.5 Å². The van der Waals surface area contributed by atoms with Crippen LogP contribution in [0.25, 0.3) is 0 Å². The fourth-order valence-electron chi connectivity index (χ4n) is 4.34. The quantitative estimate of drug-likeness (QED) is 0.757. The largest absolute Gasteiger partial charge is 0.314 e. The molecule has 2 atom stereocenters. The van der Waals surface area contributed by atoms with E-state index in [9.17, 15) is 9.59 Å². The Bertz CT molecular complexity index is 966. The van der Waals surface area contributed by atoms with Crippen molar-refractivity contribution >= 4 is 51.8 Å². The first-order valence-corrected chi connectivity index (χ1v) is 13.1. The number of anilines is 1. The van der Waals surface area contributed by atoms with Gasteiger partial charge in [0.25, 0.3) is 0 Å². The van der Waals surface area contributed by atoms with E-state index in [2.05, 4.69) is 46.4 Å². The Morgan fingerprint density at radius 1 is 1.33 bits per heavy atom. The highest BCUT2D eigenvalue weighted by Crippen LogP contribution is 2.44. The van der Waals surface area contributed by atoms with Gasteiger partial charge in [-0.05, 0) is 12.5 Å². The van der Waals surface area contributed by atoms with E-state index in [4.69, 9.17) is 0 Å².